The molecule has 1 fully saturated rings. The van der Waals surface area contributed by atoms with Gasteiger partial charge in [-0.1, -0.05) is 77.6 Å². The Morgan fingerprint density at radius 1 is 0.760 bits per heavy atom. The van der Waals surface area contributed by atoms with Gasteiger partial charge in [-0.05, 0) is 52.1 Å². The molecule has 2 nitrogen and oxygen atoms in total. The van der Waals surface area contributed by atoms with Crippen LogP contribution in [0.15, 0.2) is 0 Å². The summed E-state index contributed by atoms with van der Waals surface area (Å²) in [5.41, 5.74) is 0. The normalized spacial score (nSPS) is 16.4. The monoisotopic (exact) mass is 351 g/mol. The van der Waals surface area contributed by atoms with Crippen molar-refractivity contribution in [1.82, 2.24) is 4.90 Å². The van der Waals surface area contributed by atoms with E-state index in [2.05, 4.69) is 11.8 Å². The van der Waals surface area contributed by atoms with Gasteiger partial charge in [0.25, 0.3) is 0 Å². The zero-order valence-corrected chi connectivity index (χ0v) is 17.4. The molecule has 25 heavy (non-hydrogen) atoms. The Hall–Kier alpha value is -0.370. The molecule has 0 amide bonds. The van der Waals surface area contributed by atoms with Crippen LogP contribution in [0.1, 0.15) is 123 Å². The minimum atomic E-state index is 0.348. The maximum atomic E-state index is 10.9. The minimum Gasteiger partial charge on any atom is -0.300 e. The highest BCUT2D eigenvalue weighted by Crippen LogP contribution is 2.19. The van der Waals surface area contributed by atoms with Gasteiger partial charge in [-0.3, -0.25) is 0 Å². The van der Waals surface area contributed by atoms with Crippen LogP contribution >= 0.6 is 0 Å². The molecule has 1 heterocycles. The van der Waals surface area contributed by atoms with Gasteiger partial charge in [-0.15, -0.1) is 0 Å². The second-order valence-electron chi connectivity index (χ2n) is 8.29. The molecule has 0 aromatic carbocycles. The Kier molecular flexibility index (Phi) is 14.4. The smallest absolute Gasteiger partial charge is 0.129 e. The fourth-order valence-corrected chi connectivity index (χ4v) is 4.27. The van der Waals surface area contributed by atoms with E-state index in [0.29, 0.717) is 5.78 Å². The number of Topliss-reactive ketones (excluding diaryl/α,β-unsaturated/α-hetero) is 1. The second-order valence-corrected chi connectivity index (χ2v) is 8.29. The minimum absolute atomic E-state index is 0.348. The van der Waals surface area contributed by atoms with E-state index in [0.717, 1.165) is 18.9 Å². The standard InChI is InChI=1S/C23H45NO/c1-3-23(24-20-16-17-21-24)19-15-13-11-9-7-5-4-6-8-10-12-14-18-22(2)25/h23H,3-21H2,1-2H3. The zero-order valence-electron chi connectivity index (χ0n) is 17.4. The molecule has 0 aromatic rings. The Labute approximate surface area is 158 Å². The zero-order chi connectivity index (χ0) is 18.2. The molecule has 0 radical (unpaired) electrons. The third kappa shape index (κ3) is 12.6. The molecule has 0 aliphatic carbocycles. The van der Waals surface area contributed by atoms with Crippen LogP contribution < -0.4 is 0 Å². The molecular formula is C23H45NO. The van der Waals surface area contributed by atoms with Gasteiger partial charge in [0.2, 0.25) is 0 Å². The molecule has 0 spiro atoms. The molecule has 1 rings (SSSR count). The number of unbranched alkanes of at least 4 members (excludes halogenated alkanes) is 11. The van der Waals surface area contributed by atoms with Crippen LogP contribution in [0, 0.1) is 0 Å². The number of rotatable bonds is 17. The van der Waals surface area contributed by atoms with Gasteiger partial charge in [0, 0.05) is 12.5 Å². The number of hydrogen-bond acceptors (Lipinski definition) is 2. The largest absolute Gasteiger partial charge is 0.300 e. The van der Waals surface area contributed by atoms with Crippen LogP contribution in [0.3, 0.4) is 0 Å². The first kappa shape index (κ1) is 22.7. The summed E-state index contributed by atoms with van der Waals surface area (Å²) >= 11 is 0. The van der Waals surface area contributed by atoms with Crippen molar-refractivity contribution in [2.75, 3.05) is 13.1 Å². The lowest BCUT2D eigenvalue weighted by Crippen LogP contribution is -2.31. The van der Waals surface area contributed by atoms with Crippen LogP contribution in [0.25, 0.3) is 0 Å². The fraction of sp³-hybridized carbons (Fsp3) is 0.957. The van der Waals surface area contributed by atoms with Gasteiger partial charge < -0.3 is 9.69 Å². The summed E-state index contributed by atoms with van der Waals surface area (Å²) in [6, 6.07) is 0.873. The van der Waals surface area contributed by atoms with Gasteiger partial charge in [0.15, 0.2) is 0 Å². The van der Waals surface area contributed by atoms with Crippen molar-refractivity contribution < 1.29 is 4.79 Å². The Bertz CT molecular complexity index is 309. The molecule has 1 aliphatic rings. The van der Waals surface area contributed by atoms with Crippen molar-refractivity contribution in [1.29, 1.82) is 0 Å². The number of hydrogen-bond donors (Lipinski definition) is 0. The van der Waals surface area contributed by atoms with Crippen LogP contribution in [-0.4, -0.2) is 29.8 Å². The molecule has 2 heteroatoms. The highest BCUT2D eigenvalue weighted by Gasteiger charge is 2.19. The average molecular weight is 352 g/mol. The highest BCUT2D eigenvalue weighted by atomic mass is 16.1. The van der Waals surface area contributed by atoms with Gasteiger partial charge in [0.05, 0.1) is 0 Å². The van der Waals surface area contributed by atoms with Crippen molar-refractivity contribution in [3.05, 3.63) is 0 Å². The lowest BCUT2D eigenvalue weighted by atomic mass is 10.0. The number of ketones is 1. The molecule has 0 N–H and O–H groups in total. The topological polar surface area (TPSA) is 20.3 Å². The van der Waals surface area contributed by atoms with E-state index in [-0.39, 0.29) is 0 Å². The predicted octanol–water partition coefficient (Wildman–Crippen LogP) is 6.91. The third-order valence-corrected chi connectivity index (χ3v) is 5.94. The van der Waals surface area contributed by atoms with Gasteiger partial charge in [0.1, 0.15) is 5.78 Å². The first-order valence-corrected chi connectivity index (χ1v) is 11.5. The lowest BCUT2D eigenvalue weighted by molar-refractivity contribution is -0.117. The van der Waals surface area contributed by atoms with Crippen LogP contribution in [0.4, 0.5) is 0 Å². The third-order valence-electron chi connectivity index (χ3n) is 5.94. The van der Waals surface area contributed by atoms with Crippen LogP contribution in [-0.2, 0) is 4.79 Å². The summed E-state index contributed by atoms with van der Waals surface area (Å²) < 4.78 is 0. The molecule has 148 valence electrons. The SMILES string of the molecule is CCC(CCCCCCCCCCCCCCC(C)=O)N1CCCC1. The van der Waals surface area contributed by atoms with Crippen molar-refractivity contribution in [2.24, 2.45) is 0 Å². The number of likely N-dealkylation sites (tertiary alicyclic amines) is 1. The van der Waals surface area contributed by atoms with Gasteiger partial charge >= 0.3 is 0 Å². The summed E-state index contributed by atoms with van der Waals surface area (Å²) in [4.78, 5) is 13.6. The molecular weight excluding hydrogens is 306 g/mol. The van der Waals surface area contributed by atoms with Crippen molar-refractivity contribution >= 4 is 5.78 Å². The predicted molar refractivity (Wildman–Crippen MR) is 110 cm³/mol. The average Bonchev–Trinajstić information content (AvgIpc) is 3.12. The van der Waals surface area contributed by atoms with E-state index in [4.69, 9.17) is 0 Å². The Balaban J connectivity index is 1.77. The van der Waals surface area contributed by atoms with Crippen molar-refractivity contribution in [3.8, 4) is 0 Å². The quantitative estimate of drug-likeness (QED) is 0.265. The fourth-order valence-electron chi connectivity index (χ4n) is 4.27. The van der Waals surface area contributed by atoms with Crippen LogP contribution in [0.5, 0.6) is 0 Å². The van der Waals surface area contributed by atoms with E-state index in [1.54, 1.807) is 6.92 Å². The number of nitrogens with zero attached hydrogens (tertiary/aromatic N) is 1. The second kappa shape index (κ2) is 15.9. The van der Waals surface area contributed by atoms with Gasteiger partial charge in [-0.2, -0.15) is 0 Å². The Morgan fingerprint density at radius 2 is 1.20 bits per heavy atom. The summed E-state index contributed by atoms with van der Waals surface area (Å²) in [5.74, 6) is 0.348. The molecule has 0 saturated carbocycles. The summed E-state index contributed by atoms with van der Waals surface area (Å²) in [6.45, 7) is 6.78. The van der Waals surface area contributed by atoms with Gasteiger partial charge in [-0.25, -0.2) is 0 Å². The van der Waals surface area contributed by atoms with Crippen molar-refractivity contribution in [3.63, 3.8) is 0 Å². The maximum absolute atomic E-state index is 10.9. The maximum Gasteiger partial charge on any atom is 0.129 e. The first-order valence-electron chi connectivity index (χ1n) is 11.5. The van der Waals surface area contributed by atoms with E-state index < -0.39 is 0 Å². The molecule has 1 aliphatic heterocycles. The van der Waals surface area contributed by atoms with E-state index in [1.807, 2.05) is 0 Å². The summed E-state index contributed by atoms with van der Waals surface area (Å²) in [7, 11) is 0. The van der Waals surface area contributed by atoms with E-state index >= 15 is 0 Å². The van der Waals surface area contributed by atoms with E-state index in [1.165, 1.54) is 109 Å². The van der Waals surface area contributed by atoms with E-state index in [9.17, 15) is 4.79 Å². The Morgan fingerprint density at radius 3 is 1.64 bits per heavy atom. The summed E-state index contributed by atoms with van der Waals surface area (Å²) in [5, 5.41) is 0. The molecule has 0 aromatic heterocycles. The summed E-state index contributed by atoms with van der Waals surface area (Å²) in [6.07, 6.45) is 22.9. The number of carbonyl (C=O) groups is 1. The number of carbonyl (C=O) groups excluding carboxylic acids is 1. The molecule has 1 saturated heterocycles. The van der Waals surface area contributed by atoms with Crippen molar-refractivity contribution in [2.45, 2.75) is 129 Å². The molecule has 0 bridgehead atoms. The molecule has 1 unspecified atom stereocenters. The molecule has 1 atom stereocenters. The first-order chi connectivity index (χ1) is 12.2. The highest BCUT2D eigenvalue weighted by molar-refractivity contribution is 5.75. The lowest BCUT2D eigenvalue weighted by Gasteiger charge is -2.26. The van der Waals surface area contributed by atoms with Crippen LogP contribution in [0.2, 0.25) is 0 Å².